The second kappa shape index (κ2) is 18.0. The van der Waals surface area contributed by atoms with E-state index >= 15 is 0 Å². The van der Waals surface area contributed by atoms with Crippen LogP contribution in [0.25, 0.3) is 0 Å². The molecule has 0 aliphatic carbocycles. The van der Waals surface area contributed by atoms with Crippen molar-refractivity contribution in [3.63, 3.8) is 0 Å². The van der Waals surface area contributed by atoms with E-state index in [1.165, 1.54) is 9.80 Å². The summed E-state index contributed by atoms with van der Waals surface area (Å²) in [6.45, 7) is 13.6. The van der Waals surface area contributed by atoms with Crippen molar-refractivity contribution in [3.05, 3.63) is 94.0 Å². The summed E-state index contributed by atoms with van der Waals surface area (Å²) in [5, 5.41) is 23.6. The largest absolute Gasteiger partial charge is 0.465 e. The highest BCUT2D eigenvalue weighted by molar-refractivity contribution is 5.97. The molecule has 5 rings (SSSR count). The number of benzene rings is 3. The summed E-state index contributed by atoms with van der Waals surface area (Å²) in [5.41, 5.74) is 27.4. The first-order chi connectivity index (χ1) is 29.0. The van der Waals surface area contributed by atoms with Crippen molar-refractivity contribution >= 4 is 47.2 Å². The number of hydrogen-bond acceptors (Lipinski definition) is 8. The number of likely N-dealkylation sites (tertiary alicyclic amines) is 2. The number of anilines is 2. The summed E-state index contributed by atoms with van der Waals surface area (Å²) in [6, 6.07) is 16.7. The van der Waals surface area contributed by atoms with Crippen LogP contribution in [-0.4, -0.2) is 81.0 Å². The van der Waals surface area contributed by atoms with Crippen LogP contribution in [0.15, 0.2) is 60.7 Å². The molecule has 2 heterocycles. The SMILES string of the molecule is CC(C)[C@H](NC(=O)O)C(=O)N1CCC[C@@]1(C(N)=O)c1ccc(CC(c2ccc(C(C)(C)C)cc2)c2ccc([C@]3(C(N)=O)CCCN3C(=O)[C@@H](NC(=O)O)C(C)C)c(N)c2)cc1N. The lowest BCUT2D eigenvalue weighted by molar-refractivity contribution is -0.146. The standard InChI is InChI=1S/C46H62N8O8/c1-25(2)36(51-42(59)60)38(55)53-20-8-18-45(53,40(49)57)32-16-10-27(23-34(32)47)22-31(28-11-14-30(15-12-28)44(5,6)7)29-13-17-33(35(48)24-29)46(41(50)58)19-9-21-54(46)39(56)37(26(3)4)52-43(61)62/h10-17,23-26,31,36-37,51-52H,8-9,18-22,47-48H2,1-7H3,(H2,49,57)(H2,50,58)(H,59,60)(H,61,62)/t31?,36-,37-,45-,46-/m0/s1. The molecule has 5 atom stereocenters. The van der Waals surface area contributed by atoms with Gasteiger partial charge in [-0.05, 0) is 83.7 Å². The molecular formula is C46H62N8O8. The van der Waals surface area contributed by atoms with E-state index in [1.54, 1.807) is 52.0 Å². The summed E-state index contributed by atoms with van der Waals surface area (Å²) in [4.78, 5) is 81.0. The molecule has 62 heavy (non-hydrogen) atoms. The number of nitrogens with one attached hydrogen (secondary N) is 2. The van der Waals surface area contributed by atoms with Gasteiger partial charge in [0.2, 0.25) is 23.6 Å². The minimum Gasteiger partial charge on any atom is -0.465 e. The molecule has 2 aliphatic heterocycles. The minimum atomic E-state index is -1.62. The number of nitrogens with two attached hydrogens (primary N) is 4. The highest BCUT2D eigenvalue weighted by atomic mass is 16.4. The first-order valence-electron chi connectivity index (χ1n) is 21.1. The number of primary amides is 2. The van der Waals surface area contributed by atoms with E-state index < -0.39 is 70.8 Å². The minimum absolute atomic E-state index is 0.114. The van der Waals surface area contributed by atoms with Crippen LogP contribution >= 0.6 is 0 Å². The predicted molar refractivity (Wildman–Crippen MR) is 236 cm³/mol. The van der Waals surface area contributed by atoms with E-state index in [4.69, 9.17) is 22.9 Å². The second-order valence-corrected chi connectivity index (χ2v) is 18.4. The molecule has 0 spiro atoms. The van der Waals surface area contributed by atoms with E-state index in [9.17, 15) is 39.0 Å². The molecule has 0 saturated carbocycles. The van der Waals surface area contributed by atoms with Crippen molar-refractivity contribution in [2.45, 2.75) is 115 Å². The first kappa shape index (κ1) is 46.7. The Bertz CT molecular complexity index is 2220. The zero-order valence-corrected chi connectivity index (χ0v) is 36.7. The van der Waals surface area contributed by atoms with Crippen molar-refractivity contribution in [3.8, 4) is 0 Å². The van der Waals surface area contributed by atoms with Gasteiger partial charge in [0.15, 0.2) is 0 Å². The maximum absolute atomic E-state index is 14.0. The Morgan fingerprint density at radius 3 is 1.45 bits per heavy atom. The molecule has 3 aromatic carbocycles. The van der Waals surface area contributed by atoms with Crippen molar-refractivity contribution in [2.24, 2.45) is 23.3 Å². The van der Waals surface area contributed by atoms with E-state index in [0.717, 1.165) is 22.3 Å². The third-order valence-electron chi connectivity index (χ3n) is 12.6. The average molecular weight is 855 g/mol. The number of carboxylic acid groups (broad SMARTS) is 2. The molecular weight excluding hydrogens is 793 g/mol. The molecule has 0 aromatic heterocycles. The lowest BCUT2D eigenvalue weighted by Gasteiger charge is -2.39. The molecule has 334 valence electrons. The fourth-order valence-electron chi connectivity index (χ4n) is 9.37. The van der Waals surface area contributed by atoms with E-state index in [2.05, 4.69) is 55.7 Å². The van der Waals surface area contributed by atoms with Crippen LogP contribution in [0.2, 0.25) is 0 Å². The van der Waals surface area contributed by atoms with Crippen molar-refractivity contribution in [1.29, 1.82) is 0 Å². The molecule has 2 saturated heterocycles. The topological polar surface area (TPSA) is 278 Å². The van der Waals surface area contributed by atoms with Gasteiger partial charge in [-0.2, -0.15) is 0 Å². The third kappa shape index (κ3) is 8.86. The summed E-state index contributed by atoms with van der Waals surface area (Å²) < 4.78 is 0. The highest BCUT2D eigenvalue weighted by Gasteiger charge is 2.54. The van der Waals surface area contributed by atoms with Gasteiger partial charge in [-0.25, -0.2) is 9.59 Å². The zero-order chi connectivity index (χ0) is 46.1. The van der Waals surface area contributed by atoms with Gasteiger partial charge < -0.3 is 53.6 Å². The Hall–Kier alpha value is -6.32. The van der Waals surface area contributed by atoms with Crippen LogP contribution in [0.1, 0.15) is 113 Å². The Labute approximate surface area is 362 Å². The lowest BCUT2D eigenvalue weighted by atomic mass is 9.79. The maximum Gasteiger partial charge on any atom is 0.405 e. The number of nitrogen functional groups attached to an aromatic ring is 2. The molecule has 2 aliphatic rings. The van der Waals surface area contributed by atoms with Crippen molar-refractivity contribution in [2.75, 3.05) is 24.6 Å². The van der Waals surface area contributed by atoms with Gasteiger partial charge in [-0.3, -0.25) is 19.2 Å². The monoisotopic (exact) mass is 854 g/mol. The number of amides is 6. The van der Waals surface area contributed by atoms with Crippen LogP contribution in [0.5, 0.6) is 0 Å². The third-order valence-corrected chi connectivity index (χ3v) is 12.6. The maximum atomic E-state index is 14.0. The number of hydrogen-bond donors (Lipinski definition) is 8. The number of carbonyl (C=O) groups excluding carboxylic acids is 4. The normalized spacial score (nSPS) is 20.5. The molecule has 3 aromatic rings. The van der Waals surface area contributed by atoms with Crippen molar-refractivity contribution < 1.29 is 39.0 Å². The summed E-state index contributed by atoms with van der Waals surface area (Å²) in [7, 11) is 0. The molecule has 6 amide bonds. The molecule has 16 heteroatoms. The molecule has 1 unspecified atom stereocenters. The Balaban J connectivity index is 1.58. The van der Waals surface area contributed by atoms with Crippen molar-refractivity contribution in [1.82, 2.24) is 20.4 Å². The van der Waals surface area contributed by atoms with Gasteiger partial charge in [-0.15, -0.1) is 0 Å². The lowest BCUT2D eigenvalue weighted by Crippen LogP contribution is -2.59. The quantitative estimate of drug-likeness (QED) is 0.103. The van der Waals surface area contributed by atoms with Gasteiger partial charge in [0.25, 0.3) is 0 Å². The average Bonchev–Trinajstić information content (AvgIpc) is 3.84. The van der Waals surface area contributed by atoms with Crippen LogP contribution in [-0.2, 0) is 42.1 Å². The number of rotatable bonds is 14. The summed E-state index contributed by atoms with van der Waals surface area (Å²) in [5.74, 6) is -3.85. The van der Waals surface area contributed by atoms with E-state index in [-0.39, 0.29) is 48.6 Å². The number of carbonyl (C=O) groups is 6. The Morgan fingerprint density at radius 2 is 1.08 bits per heavy atom. The van der Waals surface area contributed by atoms with E-state index in [0.29, 0.717) is 30.4 Å². The molecule has 16 nitrogen and oxygen atoms in total. The van der Waals surface area contributed by atoms with E-state index in [1.807, 2.05) is 12.1 Å². The first-order valence-corrected chi connectivity index (χ1v) is 21.1. The zero-order valence-electron chi connectivity index (χ0n) is 36.7. The molecule has 12 N–H and O–H groups in total. The summed E-state index contributed by atoms with van der Waals surface area (Å²) in [6.07, 6.45) is -1.05. The Kier molecular flexibility index (Phi) is 13.5. The molecule has 0 radical (unpaired) electrons. The second-order valence-electron chi connectivity index (χ2n) is 18.4. The molecule has 0 bridgehead atoms. The van der Waals surface area contributed by atoms with Gasteiger partial charge in [0.1, 0.15) is 23.2 Å². The number of nitrogens with zero attached hydrogens (tertiary/aromatic N) is 2. The van der Waals surface area contributed by atoms with Gasteiger partial charge >= 0.3 is 12.2 Å². The van der Waals surface area contributed by atoms with Crippen LogP contribution in [0.4, 0.5) is 21.0 Å². The van der Waals surface area contributed by atoms with Gasteiger partial charge in [0.05, 0.1) is 0 Å². The fraction of sp³-hybridized carbons (Fsp3) is 0.478. The fourth-order valence-corrected chi connectivity index (χ4v) is 9.37. The highest BCUT2D eigenvalue weighted by Crippen LogP contribution is 2.45. The van der Waals surface area contributed by atoms with Crippen LogP contribution < -0.4 is 33.6 Å². The smallest absolute Gasteiger partial charge is 0.405 e. The van der Waals surface area contributed by atoms with Crippen LogP contribution in [0, 0.1) is 11.8 Å². The van der Waals surface area contributed by atoms with Gasteiger partial charge in [0, 0.05) is 41.5 Å². The van der Waals surface area contributed by atoms with Crippen LogP contribution in [0.3, 0.4) is 0 Å². The molecule has 2 fully saturated rings. The predicted octanol–water partition coefficient (Wildman–Crippen LogP) is 4.71. The Morgan fingerprint density at radius 1 is 0.661 bits per heavy atom. The summed E-state index contributed by atoms with van der Waals surface area (Å²) >= 11 is 0. The van der Waals surface area contributed by atoms with Gasteiger partial charge in [-0.1, -0.05) is 97.0 Å².